The van der Waals surface area contributed by atoms with E-state index in [0.717, 1.165) is 32.7 Å². The second kappa shape index (κ2) is 5.62. The van der Waals surface area contributed by atoms with Gasteiger partial charge < -0.3 is 15.2 Å². The lowest BCUT2D eigenvalue weighted by molar-refractivity contribution is 0.109. The second-order valence-corrected chi connectivity index (χ2v) is 4.83. The van der Waals surface area contributed by atoms with Gasteiger partial charge in [0.1, 0.15) is 0 Å². The van der Waals surface area contributed by atoms with Crippen LogP contribution in [0.25, 0.3) is 0 Å². The molecule has 1 aromatic heterocycles. The van der Waals surface area contributed by atoms with Crippen LogP contribution in [0.3, 0.4) is 0 Å². The van der Waals surface area contributed by atoms with Crippen LogP contribution in [0.2, 0.25) is 0 Å². The molecule has 1 unspecified atom stereocenters. The fourth-order valence-electron chi connectivity index (χ4n) is 2.43. The van der Waals surface area contributed by atoms with Gasteiger partial charge >= 0.3 is 0 Å². The third kappa shape index (κ3) is 2.86. The summed E-state index contributed by atoms with van der Waals surface area (Å²) in [4.78, 5) is 12.6. The van der Waals surface area contributed by atoms with Crippen molar-refractivity contribution in [3.05, 3.63) is 17.7 Å². The lowest BCUT2D eigenvalue weighted by Gasteiger charge is -2.37. The van der Waals surface area contributed by atoms with E-state index in [2.05, 4.69) is 39.1 Å². The summed E-state index contributed by atoms with van der Waals surface area (Å²) in [5.41, 5.74) is 2.37. The van der Waals surface area contributed by atoms with E-state index in [1.807, 2.05) is 7.05 Å². The van der Waals surface area contributed by atoms with Gasteiger partial charge in [-0.3, -0.25) is 4.90 Å². The average molecular weight is 237 g/mol. The first-order valence-corrected chi connectivity index (χ1v) is 6.29. The Hall–Kier alpha value is -0.910. The van der Waals surface area contributed by atoms with Crippen molar-refractivity contribution in [1.82, 2.24) is 25.1 Å². The van der Waals surface area contributed by atoms with E-state index in [4.69, 9.17) is 0 Å². The van der Waals surface area contributed by atoms with Crippen LogP contribution in [0.5, 0.6) is 0 Å². The molecule has 1 aliphatic rings. The molecular formula is C12H23N5. The van der Waals surface area contributed by atoms with E-state index in [0.29, 0.717) is 6.04 Å². The van der Waals surface area contributed by atoms with Gasteiger partial charge in [0.2, 0.25) is 0 Å². The van der Waals surface area contributed by atoms with Crippen molar-refractivity contribution in [1.29, 1.82) is 0 Å². The van der Waals surface area contributed by atoms with Gasteiger partial charge in [-0.05, 0) is 21.0 Å². The number of nitrogens with one attached hydrogen (secondary N) is 2. The molecule has 0 aromatic carbocycles. The summed E-state index contributed by atoms with van der Waals surface area (Å²) in [6, 6.07) is 0.389. The minimum atomic E-state index is 0.389. The molecule has 96 valence electrons. The Labute approximate surface area is 103 Å². The summed E-state index contributed by atoms with van der Waals surface area (Å²) < 4.78 is 0. The molecule has 0 spiro atoms. The van der Waals surface area contributed by atoms with Gasteiger partial charge in [0.25, 0.3) is 0 Å². The number of H-pyrrole nitrogens is 1. The molecule has 2 N–H and O–H groups in total. The highest BCUT2D eigenvalue weighted by atomic mass is 15.3. The predicted octanol–water partition coefficient (Wildman–Crippen LogP) is 0.226. The van der Waals surface area contributed by atoms with Crippen molar-refractivity contribution >= 4 is 0 Å². The van der Waals surface area contributed by atoms with Crippen molar-refractivity contribution in [2.75, 3.05) is 46.8 Å². The van der Waals surface area contributed by atoms with Crippen molar-refractivity contribution in [3.63, 3.8) is 0 Å². The van der Waals surface area contributed by atoms with Crippen LogP contribution in [0, 0.1) is 6.92 Å². The van der Waals surface area contributed by atoms with Crippen LogP contribution in [-0.4, -0.2) is 66.6 Å². The van der Waals surface area contributed by atoms with Crippen molar-refractivity contribution in [2.45, 2.75) is 13.0 Å². The molecule has 0 bridgehead atoms. The summed E-state index contributed by atoms with van der Waals surface area (Å²) in [5.74, 6) is 0. The zero-order valence-corrected chi connectivity index (χ0v) is 11.0. The SMILES string of the molecule is CNCC(c1nc[nH]c1C)N1CCN(C)CC1. The number of rotatable bonds is 4. The number of hydrogen-bond donors (Lipinski definition) is 2. The highest BCUT2D eigenvalue weighted by Gasteiger charge is 2.25. The van der Waals surface area contributed by atoms with Crippen LogP contribution < -0.4 is 5.32 Å². The van der Waals surface area contributed by atoms with Gasteiger partial charge in [0.05, 0.1) is 18.1 Å². The van der Waals surface area contributed by atoms with E-state index in [1.165, 1.54) is 11.4 Å². The number of nitrogens with zero attached hydrogens (tertiary/aromatic N) is 3. The molecule has 17 heavy (non-hydrogen) atoms. The van der Waals surface area contributed by atoms with Crippen molar-refractivity contribution in [2.24, 2.45) is 0 Å². The van der Waals surface area contributed by atoms with Gasteiger partial charge in [0.15, 0.2) is 0 Å². The molecule has 5 heteroatoms. The fraction of sp³-hybridized carbons (Fsp3) is 0.750. The standard InChI is InChI=1S/C12H23N5/c1-10-12(15-9-14-10)11(8-13-2)17-6-4-16(3)5-7-17/h9,11,13H,4-8H2,1-3H3,(H,14,15). The number of aromatic amines is 1. The van der Waals surface area contributed by atoms with E-state index in [1.54, 1.807) is 6.33 Å². The molecule has 1 aliphatic heterocycles. The lowest BCUT2D eigenvalue weighted by Crippen LogP contribution is -2.48. The first-order chi connectivity index (χ1) is 8.22. The quantitative estimate of drug-likeness (QED) is 0.787. The number of hydrogen-bond acceptors (Lipinski definition) is 4. The fourth-order valence-corrected chi connectivity index (χ4v) is 2.43. The Balaban J connectivity index is 2.09. The Morgan fingerprint density at radius 2 is 2.12 bits per heavy atom. The average Bonchev–Trinajstić information content (AvgIpc) is 2.74. The van der Waals surface area contributed by atoms with Gasteiger partial charge in [-0.1, -0.05) is 0 Å². The van der Waals surface area contributed by atoms with Crippen LogP contribution in [0.15, 0.2) is 6.33 Å². The van der Waals surface area contributed by atoms with Gasteiger partial charge in [-0.2, -0.15) is 0 Å². The minimum Gasteiger partial charge on any atom is -0.348 e. The summed E-state index contributed by atoms with van der Waals surface area (Å²) in [6.45, 7) is 7.58. The molecule has 0 aliphatic carbocycles. The summed E-state index contributed by atoms with van der Waals surface area (Å²) in [7, 11) is 4.19. The third-order valence-corrected chi connectivity index (χ3v) is 3.56. The minimum absolute atomic E-state index is 0.389. The lowest BCUT2D eigenvalue weighted by atomic mass is 10.1. The van der Waals surface area contributed by atoms with Crippen LogP contribution in [0.4, 0.5) is 0 Å². The molecule has 0 saturated carbocycles. The topological polar surface area (TPSA) is 47.2 Å². The number of imidazole rings is 1. The van der Waals surface area contributed by atoms with E-state index in [9.17, 15) is 0 Å². The van der Waals surface area contributed by atoms with Gasteiger partial charge in [0, 0.05) is 38.4 Å². The van der Waals surface area contributed by atoms with Crippen molar-refractivity contribution < 1.29 is 0 Å². The zero-order chi connectivity index (χ0) is 12.3. The summed E-state index contributed by atoms with van der Waals surface area (Å²) in [5, 5.41) is 3.28. The van der Waals surface area contributed by atoms with Crippen LogP contribution in [-0.2, 0) is 0 Å². The molecule has 1 saturated heterocycles. The number of piperazine rings is 1. The molecule has 2 heterocycles. The normalized spacial score (nSPS) is 20.6. The summed E-state index contributed by atoms with van der Waals surface area (Å²) in [6.07, 6.45) is 1.80. The van der Waals surface area contributed by atoms with Crippen LogP contribution in [0.1, 0.15) is 17.4 Å². The van der Waals surface area contributed by atoms with Gasteiger partial charge in [-0.25, -0.2) is 4.98 Å². The maximum Gasteiger partial charge on any atom is 0.0925 e. The number of likely N-dealkylation sites (N-methyl/N-ethyl adjacent to an activating group) is 2. The van der Waals surface area contributed by atoms with Gasteiger partial charge in [-0.15, -0.1) is 0 Å². The molecule has 0 amide bonds. The predicted molar refractivity (Wildman–Crippen MR) is 69.1 cm³/mol. The number of aromatic nitrogens is 2. The van der Waals surface area contributed by atoms with Crippen LogP contribution >= 0.6 is 0 Å². The Bertz CT molecular complexity index is 340. The highest BCUT2D eigenvalue weighted by molar-refractivity contribution is 5.15. The third-order valence-electron chi connectivity index (χ3n) is 3.56. The monoisotopic (exact) mass is 237 g/mol. The largest absolute Gasteiger partial charge is 0.348 e. The van der Waals surface area contributed by atoms with Crippen molar-refractivity contribution in [3.8, 4) is 0 Å². The maximum atomic E-state index is 4.48. The first-order valence-electron chi connectivity index (χ1n) is 6.29. The highest BCUT2D eigenvalue weighted by Crippen LogP contribution is 2.21. The number of aryl methyl sites for hydroxylation is 1. The summed E-state index contributed by atoms with van der Waals surface area (Å²) >= 11 is 0. The second-order valence-electron chi connectivity index (χ2n) is 4.83. The smallest absolute Gasteiger partial charge is 0.0925 e. The van der Waals surface area contributed by atoms with E-state index >= 15 is 0 Å². The molecule has 1 fully saturated rings. The maximum absolute atomic E-state index is 4.48. The first kappa shape index (κ1) is 12.5. The Morgan fingerprint density at radius 3 is 2.65 bits per heavy atom. The Kier molecular flexibility index (Phi) is 4.15. The molecular weight excluding hydrogens is 214 g/mol. The zero-order valence-electron chi connectivity index (χ0n) is 11.0. The van der Waals surface area contributed by atoms with E-state index < -0.39 is 0 Å². The molecule has 1 aromatic rings. The molecule has 1 atom stereocenters. The molecule has 0 radical (unpaired) electrons. The Morgan fingerprint density at radius 1 is 1.41 bits per heavy atom. The molecule has 2 rings (SSSR count). The van der Waals surface area contributed by atoms with E-state index in [-0.39, 0.29) is 0 Å². The molecule has 5 nitrogen and oxygen atoms in total.